The van der Waals surface area contributed by atoms with Crippen LogP contribution in [0.5, 0.6) is 0 Å². The quantitative estimate of drug-likeness (QED) is 0.656. The maximum atomic E-state index is 13.0. The molecule has 0 spiro atoms. The molecule has 3 N–H and O–H groups in total. The number of nitrogens with zero attached hydrogens (tertiary/aromatic N) is 3. The molecule has 2 aromatic rings. The predicted molar refractivity (Wildman–Crippen MR) is 98.8 cm³/mol. The van der Waals surface area contributed by atoms with Gasteiger partial charge in [-0.25, -0.2) is 9.50 Å². The molecule has 0 aromatic carbocycles. The van der Waals surface area contributed by atoms with E-state index in [1.165, 1.54) is 16.9 Å². The van der Waals surface area contributed by atoms with Crippen LogP contribution >= 0.6 is 0 Å². The van der Waals surface area contributed by atoms with E-state index in [0.29, 0.717) is 16.9 Å². The summed E-state index contributed by atoms with van der Waals surface area (Å²) in [6.45, 7) is 2.22. The van der Waals surface area contributed by atoms with Crippen LogP contribution < -0.4 is 11.1 Å². The van der Waals surface area contributed by atoms with Crippen molar-refractivity contribution in [3.05, 3.63) is 29.7 Å². The minimum atomic E-state index is -4.50. The van der Waals surface area contributed by atoms with Crippen molar-refractivity contribution < 1.29 is 31.1 Å². The van der Waals surface area contributed by atoms with Crippen molar-refractivity contribution in [1.82, 2.24) is 19.9 Å². The lowest BCUT2D eigenvalue weighted by molar-refractivity contribution is -0.214. The third-order valence-corrected chi connectivity index (χ3v) is 5.71. The van der Waals surface area contributed by atoms with Crippen LogP contribution in [-0.2, 0) is 11.2 Å². The molecule has 1 amide bonds. The van der Waals surface area contributed by atoms with Gasteiger partial charge in [-0.05, 0) is 37.3 Å². The van der Waals surface area contributed by atoms with Crippen LogP contribution in [-0.4, -0.2) is 38.9 Å². The summed E-state index contributed by atoms with van der Waals surface area (Å²) in [6, 6.07) is -1.02. The van der Waals surface area contributed by atoms with Crippen molar-refractivity contribution in [2.75, 3.05) is 0 Å². The SMILES string of the molecule is CC(C)(CC[C@H](N)c1cn2ncc(CC3C[C@@H](C(F)(F)F)NC3=O)cc2n1)C(F)(F)F. The summed E-state index contributed by atoms with van der Waals surface area (Å²) in [6.07, 6.45) is -6.33. The molecular formula is C19H23F6N5O. The highest BCUT2D eigenvalue weighted by molar-refractivity contribution is 5.81. The molecule has 1 fully saturated rings. The van der Waals surface area contributed by atoms with Gasteiger partial charge in [0, 0.05) is 12.0 Å². The predicted octanol–water partition coefficient (Wildman–Crippen LogP) is 3.71. The second kappa shape index (κ2) is 7.95. The fraction of sp³-hybridized carbons (Fsp3) is 0.632. The van der Waals surface area contributed by atoms with Crippen molar-refractivity contribution in [1.29, 1.82) is 0 Å². The van der Waals surface area contributed by atoms with Crippen LogP contribution in [0.25, 0.3) is 5.65 Å². The molecule has 0 aliphatic carbocycles. The summed E-state index contributed by atoms with van der Waals surface area (Å²) in [5, 5.41) is 6.09. The average molecular weight is 451 g/mol. The molecule has 31 heavy (non-hydrogen) atoms. The molecule has 12 heteroatoms. The molecule has 3 rings (SSSR count). The van der Waals surface area contributed by atoms with Crippen molar-refractivity contribution in [3.63, 3.8) is 0 Å². The van der Waals surface area contributed by atoms with Gasteiger partial charge in [-0.15, -0.1) is 0 Å². The molecular weight excluding hydrogens is 428 g/mol. The van der Waals surface area contributed by atoms with Gasteiger partial charge in [0.25, 0.3) is 0 Å². The lowest BCUT2D eigenvalue weighted by Crippen LogP contribution is -2.38. The average Bonchev–Trinajstić information content (AvgIpc) is 3.22. The Hall–Kier alpha value is -2.37. The van der Waals surface area contributed by atoms with Crippen LogP contribution in [0.2, 0.25) is 0 Å². The Morgan fingerprint density at radius 3 is 2.52 bits per heavy atom. The monoisotopic (exact) mass is 451 g/mol. The Balaban J connectivity index is 1.68. The smallest absolute Gasteiger partial charge is 0.344 e. The van der Waals surface area contributed by atoms with E-state index in [9.17, 15) is 31.1 Å². The molecule has 1 aliphatic rings. The zero-order chi connectivity index (χ0) is 23.2. The van der Waals surface area contributed by atoms with Crippen molar-refractivity contribution >= 4 is 11.6 Å². The number of hydrogen-bond acceptors (Lipinski definition) is 4. The fourth-order valence-electron chi connectivity index (χ4n) is 3.45. The number of carbonyl (C=O) groups is 1. The van der Waals surface area contributed by atoms with Crippen LogP contribution in [0.4, 0.5) is 26.3 Å². The summed E-state index contributed by atoms with van der Waals surface area (Å²) >= 11 is 0. The Bertz CT molecular complexity index is 951. The summed E-state index contributed by atoms with van der Waals surface area (Å²) in [5.41, 5.74) is 5.38. The molecule has 1 unspecified atom stereocenters. The first-order valence-corrected chi connectivity index (χ1v) is 9.71. The Morgan fingerprint density at radius 1 is 1.26 bits per heavy atom. The van der Waals surface area contributed by atoms with Gasteiger partial charge in [0.05, 0.1) is 23.5 Å². The van der Waals surface area contributed by atoms with Gasteiger partial charge in [0.2, 0.25) is 5.91 Å². The first-order chi connectivity index (χ1) is 14.2. The maximum Gasteiger partial charge on any atom is 0.408 e. The number of rotatable bonds is 6. The molecule has 6 nitrogen and oxygen atoms in total. The number of nitrogens with one attached hydrogen (secondary N) is 1. The topological polar surface area (TPSA) is 85.3 Å². The van der Waals surface area contributed by atoms with Crippen LogP contribution in [0.3, 0.4) is 0 Å². The highest BCUT2D eigenvalue weighted by atomic mass is 19.4. The number of halogens is 6. The first kappa shape index (κ1) is 23.3. The number of amides is 1. The fourth-order valence-corrected chi connectivity index (χ4v) is 3.45. The molecule has 1 saturated heterocycles. The highest BCUT2D eigenvalue weighted by Crippen LogP contribution is 2.42. The second-order valence-corrected chi connectivity index (χ2v) is 8.60. The molecule has 3 heterocycles. The number of carbonyl (C=O) groups excluding carboxylic acids is 1. The number of fused-ring (bicyclic) bond motifs is 1. The Labute approximate surface area is 174 Å². The number of aromatic nitrogens is 3. The first-order valence-electron chi connectivity index (χ1n) is 9.71. The Kier molecular flexibility index (Phi) is 5.98. The highest BCUT2D eigenvalue weighted by Gasteiger charge is 2.48. The molecule has 0 radical (unpaired) electrons. The molecule has 2 aromatic heterocycles. The van der Waals surface area contributed by atoms with E-state index in [4.69, 9.17) is 5.73 Å². The van der Waals surface area contributed by atoms with Crippen LogP contribution in [0, 0.1) is 11.3 Å². The zero-order valence-electron chi connectivity index (χ0n) is 16.9. The second-order valence-electron chi connectivity index (χ2n) is 8.60. The minimum absolute atomic E-state index is 0.0598. The number of alkyl halides is 6. The van der Waals surface area contributed by atoms with E-state index in [1.807, 2.05) is 5.32 Å². The van der Waals surface area contributed by atoms with Crippen molar-refractivity contribution in [2.45, 2.75) is 64.0 Å². The normalized spacial score (nSPS) is 21.5. The van der Waals surface area contributed by atoms with Gasteiger partial charge in [-0.1, -0.05) is 13.8 Å². The van der Waals surface area contributed by atoms with E-state index in [2.05, 4.69) is 10.1 Å². The molecule has 3 atom stereocenters. The minimum Gasteiger partial charge on any atom is -0.344 e. The van der Waals surface area contributed by atoms with Gasteiger partial charge in [0.15, 0.2) is 5.65 Å². The maximum absolute atomic E-state index is 13.0. The van der Waals surface area contributed by atoms with Crippen LogP contribution in [0.15, 0.2) is 18.5 Å². The van der Waals surface area contributed by atoms with Gasteiger partial charge in [0.1, 0.15) is 6.04 Å². The van der Waals surface area contributed by atoms with Gasteiger partial charge in [-0.2, -0.15) is 31.4 Å². The largest absolute Gasteiger partial charge is 0.408 e. The van der Waals surface area contributed by atoms with E-state index >= 15 is 0 Å². The lowest BCUT2D eigenvalue weighted by Gasteiger charge is -2.28. The molecule has 0 saturated carbocycles. The Morgan fingerprint density at radius 2 is 1.94 bits per heavy atom. The van der Waals surface area contributed by atoms with Gasteiger partial charge in [-0.3, -0.25) is 4.79 Å². The summed E-state index contributed by atoms with van der Waals surface area (Å²) < 4.78 is 78.9. The van der Waals surface area contributed by atoms with Gasteiger partial charge >= 0.3 is 12.4 Å². The van der Waals surface area contributed by atoms with Crippen molar-refractivity contribution in [3.8, 4) is 0 Å². The van der Waals surface area contributed by atoms with E-state index in [0.717, 1.165) is 13.8 Å². The standard InChI is InChI=1S/C19H23F6N5O/c1-17(2,19(23,24)25)4-3-12(26)13-9-30-15(28-13)6-10(8-27-30)5-11-7-14(18(20,21)22)29-16(11)31/h6,8-9,11-12,14H,3-5,7,26H2,1-2H3,(H,29,31)/t11?,12-,14-/m0/s1. The van der Waals surface area contributed by atoms with Crippen molar-refractivity contribution in [2.24, 2.45) is 17.1 Å². The molecule has 1 aliphatic heterocycles. The van der Waals surface area contributed by atoms with Gasteiger partial charge < -0.3 is 11.1 Å². The number of nitrogens with two attached hydrogens (primary N) is 1. The summed E-state index contributed by atoms with van der Waals surface area (Å²) in [5.74, 6) is -1.50. The number of hydrogen-bond donors (Lipinski definition) is 2. The van der Waals surface area contributed by atoms with E-state index in [-0.39, 0.29) is 25.7 Å². The molecule has 172 valence electrons. The number of imidazole rings is 1. The molecule has 0 bridgehead atoms. The third-order valence-electron chi connectivity index (χ3n) is 5.71. The van der Waals surface area contributed by atoms with E-state index < -0.39 is 41.7 Å². The summed E-state index contributed by atoms with van der Waals surface area (Å²) in [7, 11) is 0. The third kappa shape index (κ3) is 5.10. The summed E-state index contributed by atoms with van der Waals surface area (Å²) in [4.78, 5) is 16.2. The van der Waals surface area contributed by atoms with Crippen LogP contribution in [0.1, 0.15) is 50.4 Å². The van der Waals surface area contributed by atoms with E-state index in [1.54, 1.807) is 6.07 Å². The lowest BCUT2D eigenvalue weighted by atomic mass is 9.85. The zero-order valence-corrected chi connectivity index (χ0v) is 16.9.